The Morgan fingerprint density at radius 1 is 1.16 bits per heavy atom. The van der Waals surface area contributed by atoms with E-state index in [0.29, 0.717) is 19.4 Å². The summed E-state index contributed by atoms with van der Waals surface area (Å²) >= 11 is 0. The van der Waals surface area contributed by atoms with Crippen molar-refractivity contribution in [1.82, 2.24) is 10.9 Å². The number of sulfone groups is 1. The molecule has 2 rings (SSSR count). The molecule has 2 N–H and O–H groups in total. The molecular weight excluding hydrogens is 344 g/mol. The first-order valence-electron chi connectivity index (χ1n) is 8.31. The molecule has 1 saturated heterocycles. The Hall–Kier alpha value is -2.09. The molecule has 1 aromatic carbocycles. The second kappa shape index (κ2) is 8.84. The molecule has 1 aliphatic heterocycles. The van der Waals surface area contributed by atoms with Crippen molar-refractivity contribution in [3.63, 3.8) is 0 Å². The summed E-state index contributed by atoms with van der Waals surface area (Å²) in [7, 11) is -2.99. The van der Waals surface area contributed by atoms with E-state index < -0.39 is 9.84 Å². The van der Waals surface area contributed by atoms with Crippen LogP contribution in [0.25, 0.3) is 0 Å². The van der Waals surface area contributed by atoms with Gasteiger partial charge in [0, 0.05) is 12.8 Å². The molecule has 0 bridgehead atoms. The number of benzene rings is 1. The zero-order valence-electron chi connectivity index (χ0n) is 14.3. The van der Waals surface area contributed by atoms with Gasteiger partial charge in [-0.05, 0) is 37.8 Å². The van der Waals surface area contributed by atoms with Crippen LogP contribution in [0.2, 0.25) is 0 Å². The van der Waals surface area contributed by atoms with Gasteiger partial charge in [0.15, 0.2) is 9.84 Å². The molecule has 1 atom stereocenters. The van der Waals surface area contributed by atoms with Crippen LogP contribution >= 0.6 is 0 Å². The fourth-order valence-electron chi connectivity index (χ4n) is 2.61. The van der Waals surface area contributed by atoms with E-state index in [4.69, 9.17) is 4.74 Å². The molecule has 0 radical (unpaired) electrons. The summed E-state index contributed by atoms with van der Waals surface area (Å²) in [4.78, 5) is 23.4. The Morgan fingerprint density at radius 3 is 2.48 bits per heavy atom. The Kier molecular flexibility index (Phi) is 6.81. The molecular formula is C17H24N2O5S. The van der Waals surface area contributed by atoms with Gasteiger partial charge in [0.25, 0.3) is 0 Å². The van der Waals surface area contributed by atoms with Crippen LogP contribution in [0, 0.1) is 12.8 Å². The zero-order chi connectivity index (χ0) is 18.3. The van der Waals surface area contributed by atoms with Gasteiger partial charge in [-0.1, -0.05) is 17.7 Å². The molecule has 1 heterocycles. The lowest BCUT2D eigenvalue weighted by Gasteiger charge is -2.10. The van der Waals surface area contributed by atoms with Crippen molar-refractivity contribution in [2.45, 2.75) is 32.6 Å². The maximum atomic E-state index is 11.7. The number of ether oxygens (including phenoxy) is 1. The van der Waals surface area contributed by atoms with Crippen LogP contribution in [0.3, 0.4) is 0 Å². The molecule has 1 aromatic rings. The largest absolute Gasteiger partial charge is 0.494 e. The van der Waals surface area contributed by atoms with E-state index in [1.807, 2.05) is 31.2 Å². The number of amides is 2. The van der Waals surface area contributed by atoms with Crippen LogP contribution in [0.15, 0.2) is 24.3 Å². The third-order valence-corrected chi connectivity index (χ3v) is 5.82. The number of rotatable bonds is 7. The van der Waals surface area contributed by atoms with Crippen LogP contribution in [-0.4, -0.2) is 38.3 Å². The van der Waals surface area contributed by atoms with E-state index >= 15 is 0 Å². The molecule has 0 spiro atoms. The minimum atomic E-state index is -2.99. The molecule has 2 amide bonds. The van der Waals surface area contributed by atoms with Crippen molar-refractivity contribution in [3.05, 3.63) is 29.8 Å². The first kappa shape index (κ1) is 19.2. The van der Waals surface area contributed by atoms with Crippen molar-refractivity contribution in [2.75, 3.05) is 18.1 Å². The van der Waals surface area contributed by atoms with Crippen molar-refractivity contribution >= 4 is 21.7 Å². The average molecular weight is 368 g/mol. The number of hydrogen-bond donors (Lipinski definition) is 2. The number of aryl methyl sites for hydroxylation is 1. The van der Waals surface area contributed by atoms with Crippen molar-refractivity contribution in [2.24, 2.45) is 5.92 Å². The summed E-state index contributed by atoms with van der Waals surface area (Å²) in [6, 6.07) is 7.65. The predicted molar refractivity (Wildman–Crippen MR) is 93.6 cm³/mol. The topological polar surface area (TPSA) is 102 Å². The van der Waals surface area contributed by atoms with Gasteiger partial charge >= 0.3 is 0 Å². The van der Waals surface area contributed by atoms with Gasteiger partial charge in [0.2, 0.25) is 11.8 Å². The van der Waals surface area contributed by atoms with Crippen LogP contribution in [0.4, 0.5) is 0 Å². The highest BCUT2D eigenvalue weighted by molar-refractivity contribution is 7.91. The third kappa shape index (κ3) is 7.13. The number of hydrazine groups is 1. The van der Waals surface area contributed by atoms with Gasteiger partial charge < -0.3 is 4.74 Å². The monoisotopic (exact) mass is 368 g/mol. The van der Waals surface area contributed by atoms with Gasteiger partial charge in [-0.25, -0.2) is 8.42 Å². The normalized spacial score (nSPS) is 18.5. The standard InChI is InChI=1S/C17H24N2O5S/c1-13-4-6-15(7-5-13)24-9-2-3-16(20)18-19-17(21)11-14-8-10-25(22,23)12-14/h4-7,14H,2-3,8-12H2,1H3,(H,18,20)(H,19,21). The van der Waals surface area contributed by atoms with Gasteiger partial charge in [-0.15, -0.1) is 0 Å². The van der Waals surface area contributed by atoms with Crippen molar-refractivity contribution in [3.8, 4) is 5.75 Å². The first-order valence-corrected chi connectivity index (χ1v) is 10.1. The van der Waals surface area contributed by atoms with Gasteiger partial charge in [-0.3, -0.25) is 20.4 Å². The van der Waals surface area contributed by atoms with Gasteiger partial charge in [0.1, 0.15) is 5.75 Å². The molecule has 25 heavy (non-hydrogen) atoms. The SMILES string of the molecule is Cc1ccc(OCCCC(=O)NNC(=O)CC2CCS(=O)(=O)C2)cc1. The summed E-state index contributed by atoms with van der Waals surface area (Å²) in [5, 5.41) is 0. The van der Waals surface area contributed by atoms with E-state index in [1.54, 1.807) is 0 Å². The molecule has 1 fully saturated rings. The highest BCUT2D eigenvalue weighted by Gasteiger charge is 2.29. The Morgan fingerprint density at radius 2 is 1.84 bits per heavy atom. The Labute approximate surface area is 148 Å². The van der Waals surface area contributed by atoms with E-state index in [2.05, 4.69) is 10.9 Å². The molecule has 0 aromatic heterocycles. The second-order valence-corrected chi connectivity index (χ2v) is 8.56. The molecule has 7 nitrogen and oxygen atoms in total. The summed E-state index contributed by atoms with van der Waals surface area (Å²) in [5.41, 5.74) is 5.82. The fraction of sp³-hybridized carbons (Fsp3) is 0.529. The third-order valence-electron chi connectivity index (χ3n) is 3.98. The first-order chi connectivity index (χ1) is 11.8. The maximum absolute atomic E-state index is 11.7. The molecule has 0 aliphatic carbocycles. The highest BCUT2D eigenvalue weighted by Crippen LogP contribution is 2.21. The number of carbonyl (C=O) groups is 2. The summed E-state index contributed by atoms with van der Waals surface area (Å²) in [5.74, 6) is 0.102. The van der Waals surface area contributed by atoms with Crippen LogP contribution in [0.1, 0.15) is 31.2 Å². The van der Waals surface area contributed by atoms with Crippen molar-refractivity contribution < 1.29 is 22.7 Å². The minimum absolute atomic E-state index is 0.0463. The number of nitrogens with one attached hydrogen (secondary N) is 2. The number of hydrogen-bond acceptors (Lipinski definition) is 5. The van der Waals surface area contributed by atoms with Crippen LogP contribution in [-0.2, 0) is 19.4 Å². The molecule has 8 heteroatoms. The minimum Gasteiger partial charge on any atom is -0.494 e. The van der Waals surface area contributed by atoms with Gasteiger partial charge in [-0.2, -0.15) is 0 Å². The fourth-order valence-corrected chi connectivity index (χ4v) is 4.47. The smallest absolute Gasteiger partial charge is 0.238 e. The lowest BCUT2D eigenvalue weighted by Crippen LogP contribution is -2.42. The molecule has 1 unspecified atom stereocenters. The molecule has 1 aliphatic rings. The predicted octanol–water partition coefficient (Wildman–Crippen LogP) is 1.13. The highest BCUT2D eigenvalue weighted by atomic mass is 32.2. The lowest BCUT2D eigenvalue weighted by atomic mass is 10.1. The van der Waals surface area contributed by atoms with E-state index in [9.17, 15) is 18.0 Å². The van der Waals surface area contributed by atoms with Crippen LogP contribution < -0.4 is 15.6 Å². The zero-order valence-corrected chi connectivity index (χ0v) is 15.1. The van der Waals surface area contributed by atoms with E-state index in [-0.39, 0.29) is 42.1 Å². The number of carbonyl (C=O) groups excluding carboxylic acids is 2. The summed E-state index contributed by atoms with van der Waals surface area (Å²) in [6.45, 7) is 2.40. The van der Waals surface area contributed by atoms with E-state index in [0.717, 1.165) is 11.3 Å². The Balaban J connectivity index is 1.56. The summed E-state index contributed by atoms with van der Waals surface area (Å²) in [6.07, 6.45) is 1.36. The maximum Gasteiger partial charge on any atom is 0.238 e. The van der Waals surface area contributed by atoms with Crippen LogP contribution in [0.5, 0.6) is 5.75 Å². The summed E-state index contributed by atoms with van der Waals surface area (Å²) < 4.78 is 28.2. The quantitative estimate of drug-likeness (QED) is 0.555. The molecule has 0 saturated carbocycles. The second-order valence-electron chi connectivity index (χ2n) is 6.33. The molecule has 138 valence electrons. The lowest BCUT2D eigenvalue weighted by molar-refractivity contribution is -0.129. The van der Waals surface area contributed by atoms with Crippen molar-refractivity contribution in [1.29, 1.82) is 0 Å². The van der Waals surface area contributed by atoms with E-state index in [1.165, 1.54) is 0 Å². The Bertz CT molecular complexity index is 700. The van der Waals surface area contributed by atoms with Gasteiger partial charge in [0.05, 0.1) is 18.1 Å². The average Bonchev–Trinajstić information content (AvgIpc) is 2.90.